The van der Waals surface area contributed by atoms with Crippen molar-refractivity contribution >= 4 is 22.9 Å². The zero-order valence-electron chi connectivity index (χ0n) is 16.5. The maximum absolute atomic E-state index is 12.6. The number of rotatable bonds is 5. The average Bonchev–Trinajstić information content (AvgIpc) is 3.48. The quantitative estimate of drug-likeness (QED) is 0.324. The molecule has 1 amide bonds. The Hall–Kier alpha value is -4.86. The smallest absolute Gasteiger partial charge is 0.270 e. The number of fused-ring (bicyclic) bond motifs is 1. The molecule has 0 saturated carbocycles. The minimum atomic E-state index is -0.536. The number of aromatic amines is 1. The summed E-state index contributed by atoms with van der Waals surface area (Å²) in [6.45, 7) is 0. The third-order valence-electron chi connectivity index (χ3n) is 4.84. The summed E-state index contributed by atoms with van der Waals surface area (Å²) in [7, 11) is 0. The highest BCUT2D eigenvalue weighted by Gasteiger charge is 2.14. The number of hydrogen-bond donors (Lipinski definition) is 2. The number of nitrogens with zero attached hydrogens (tertiary/aromatic N) is 5. The van der Waals surface area contributed by atoms with E-state index in [0.29, 0.717) is 22.9 Å². The van der Waals surface area contributed by atoms with Crippen molar-refractivity contribution in [2.24, 2.45) is 0 Å². The lowest BCUT2D eigenvalue weighted by Crippen LogP contribution is -2.12. The van der Waals surface area contributed by atoms with Crippen LogP contribution in [0.3, 0.4) is 0 Å². The number of non-ortho nitro benzene ring substituents is 1. The van der Waals surface area contributed by atoms with Crippen LogP contribution in [0.2, 0.25) is 0 Å². The van der Waals surface area contributed by atoms with Gasteiger partial charge in [0.25, 0.3) is 11.6 Å². The van der Waals surface area contributed by atoms with Crippen LogP contribution in [0.25, 0.3) is 28.4 Å². The Kier molecular flexibility index (Phi) is 4.64. The molecule has 3 heterocycles. The number of benzene rings is 2. The van der Waals surface area contributed by atoms with E-state index in [1.807, 2.05) is 30.3 Å². The van der Waals surface area contributed by atoms with E-state index in [2.05, 4.69) is 25.6 Å². The average molecular weight is 425 g/mol. The van der Waals surface area contributed by atoms with Crippen LogP contribution in [0, 0.1) is 10.1 Å². The lowest BCUT2D eigenvalue weighted by atomic mass is 10.1. The van der Waals surface area contributed by atoms with Crippen LogP contribution >= 0.6 is 0 Å². The molecule has 5 aromatic rings. The Morgan fingerprint density at radius 2 is 1.88 bits per heavy atom. The molecule has 0 radical (unpaired) electrons. The summed E-state index contributed by atoms with van der Waals surface area (Å²) >= 11 is 0. The van der Waals surface area contributed by atoms with Crippen molar-refractivity contribution < 1.29 is 9.72 Å². The first-order chi connectivity index (χ1) is 15.6. The van der Waals surface area contributed by atoms with Crippen molar-refractivity contribution in [3.05, 3.63) is 94.7 Å². The van der Waals surface area contributed by atoms with E-state index < -0.39 is 10.8 Å². The molecule has 0 unspecified atom stereocenters. The van der Waals surface area contributed by atoms with Gasteiger partial charge in [-0.2, -0.15) is 9.61 Å². The molecule has 0 spiro atoms. The van der Waals surface area contributed by atoms with Crippen molar-refractivity contribution in [2.45, 2.75) is 0 Å². The minimum absolute atomic E-state index is 0.143. The summed E-state index contributed by atoms with van der Waals surface area (Å²) in [5, 5.41) is 26.7. The molecule has 10 heteroatoms. The number of H-pyrrole nitrogens is 1. The molecule has 0 aliphatic heterocycles. The van der Waals surface area contributed by atoms with E-state index in [0.717, 1.165) is 11.3 Å². The largest absolute Gasteiger partial charge is 0.359 e. The van der Waals surface area contributed by atoms with E-state index in [1.54, 1.807) is 28.9 Å². The van der Waals surface area contributed by atoms with Gasteiger partial charge in [-0.15, -0.1) is 10.2 Å². The number of carbonyl (C=O) groups is 1. The first-order valence-electron chi connectivity index (χ1n) is 9.61. The Labute approximate surface area is 180 Å². The van der Waals surface area contributed by atoms with Crippen molar-refractivity contribution in [3.8, 4) is 22.8 Å². The zero-order chi connectivity index (χ0) is 22.1. The Bertz CT molecular complexity index is 1460. The highest BCUT2D eigenvalue weighted by Crippen LogP contribution is 2.23. The van der Waals surface area contributed by atoms with Crippen LogP contribution in [0.15, 0.2) is 79.0 Å². The molecule has 0 aliphatic carbocycles. The van der Waals surface area contributed by atoms with Gasteiger partial charge in [-0.1, -0.05) is 18.2 Å². The van der Waals surface area contributed by atoms with E-state index in [1.165, 1.54) is 24.3 Å². The molecule has 0 atom stereocenters. The second kappa shape index (κ2) is 7.76. The maximum atomic E-state index is 12.6. The summed E-state index contributed by atoms with van der Waals surface area (Å²) in [6.07, 6.45) is 1.80. The maximum Gasteiger partial charge on any atom is 0.270 e. The highest BCUT2D eigenvalue weighted by molar-refractivity contribution is 6.04. The van der Waals surface area contributed by atoms with Crippen LogP contribution in [-0.2, 0) is 0 Å². The predicted molar refractivity (Wildman–Crippen MR) is 117 cm³/mol. The Morgan fingerprint density at radius 1 is 1.00 bits per heavy atom. The number of anilines is 1. The number of carbonyl (C=O) groups excluding carboxylic acids is 1. The first kappa shape index (κ1) is 19.1. The van der Waals surface area contributed by atoms with Crippen LogP contribution in [0.4, 0.5) is 11.4 Å². The van der Waals surface area contributed by atoms with E-state index in [-0.39, 0.29) is 11.3 Å². The predicted octanol–water partition coefficient (Wildman–Crippen LogP) is 3.95. The Balaban J connectivity index is 1.45. The number of aromatic nitrogens is 5. The van der Waals surface area contributed by atoms with Gasteiger partial charge in [-0.25, -0.2) is 0 Å². The fourth-order valence-electron chi connectivity index (χ4n) is 3.30. The molecule has 0 fully saturated rings. The van der Waals surface area contributed by atoms with Gasteiger partial charge in [0.15, 0.2) is 5.65 Å². The molecule has 0 bridgehead atoms. The summed E-state index contributed by atoms with van der Waals surface area (Å²) in [6, 6.07) is 20.2. The van der Waals surface area contributed by atoms with Gasteiger partial charge in [0, 0.05) is 35.1 Å². The Morgan fingerprint density at radius 3 is 2.69 bits per heavy atom. The number of nitro benzene ring substituents is 1. The fourth-order valence-corrected chi connectivity index (χ4v) is 3.30. The van der Waals surface area contributed by atoms with Crippen molar-refractivity contribution in [1.29, 1.82) is 0 Å². The van der Waals surface area contributed by atoms with Crippen molar-refractivity contribution in [2.75, 3.05) is 5.32 Å². The van der Waals surface area contributed by atoms with Gasteiger partial charge in [0.05, 0.1) is 16.3 Å². The van der Waals surface area contributed by atoms with Crippen molar-refractivity contribution in [3.63, 3.8) is 0 Å². The van der Waals surface area contributed by atoms with Gasteiger partial charge < -0.3 is 10.3 Å². The van der Waals surface area contributed by atoms with Gasteiger partial charge in [0.1, 0.15) is 0 Å². The summed E-state index contributed by atoms with van der Waals surface area (Å²) in [5.41, 5.74) is 3.43. The molecule has 2 N–H and O–H groups in total. The van der Waals surface area contributed by atoms with Crippen LogP contribution < -0.4 is 5.32 Å². The lowest BCUT2D eigenvalue weighted by molar-refractivity contribution is -0.384. The van der Waals surface area contributed by atoms with E-state index in [9.17, 15) is 14.9 Å². The zero-order valence-corrected chi connectivity index (χ0v) is 16.5. The highest BCUT2D eigenvalue weighted by atomic mass is 16.6. The number of amides is 1. The molecule has 2 aromatic carbocycles. The molecule has 0 aliphatic rings. The monoisotopic (exact) mass is 425 g/mol. The SMILES string of the molecule is O=C(Nc1cccc(-c2ccc3nnc(-c4ccc[nH]4)n3n2)c1)c1cccc([N+](=O)[O-])c1. The second-order valence-electron chi connectivity index (χ2n) is 6.94. The minimum Gasteiger partial charge on any atom is -0.359 e. The molecule has 0 saturated heterocycles. The summed E-state index contributed by atoms with van der Waals surface area (Å²) in [5.74, 6) is 0.143. The second-order valence-corrected chi connectivity index (χ2v) is 6.94. The first-order valence-corrected chi connectivity index (χ1v) is 9.61. The van der Waals surface area contributed by atoms with Gasteiger partial charge >= 0.3 is 0 Å². The molecule has 5 rings (SSSR count). The fraction of sp³-hybridized carbons (Fsp3) is 0. The number of nitro groups is 1. The van der Waals surface area contributed by atoms with Gasteiger partial charge in [-0.3, -0.25) is 14.9 Å². The van der Waals surface area contributed by atoms with Gasteiger partial charge in [-0.05, 0) is 42.5 Å². The summed E-state index contributed by atoms with van der Waals surface area (Å²) in [4.78, 5) is 26.1. The molecule has 3 aromatic heterocycles. The van der Waals surface area contributed by atoms with Crippen molar-refractivity contribution in [1.82, 2.24) is 24.8 Å². The molecular formula is C22H15N7O3. The standard InChI is InChI=1S/C22H15N7O3/c30-22(15-5-2-7-17(13-15)29(31)32)24-16-6-1-4-14(12-16)18-9-10-20-25-26-21(28(20)27-18)19-8-3-11-23-19/h1-13,23H,(H,24,30). The molecule has 32 heavy (non-hydrogen) atoms. The molecular weight excluding hydrogens is 410 g/mol. The van der Waals surface area contributed by atoms with E-state index in [4.69, 9.17) is 0 Å². The van der Waals surface area contributed by atoms with E-state index >= 15 is 0 Å². The topological polar surface area (TPSA) is 131 Å². The third kappa shape index (κ3) is 3.56. The van der Waals surface area contributed by atoms with Gasteiger partial charge in [0.2, 0.25) is 5.82 Å². The van der Waals surface area contributed by atoms with Crippen LogP contribution in [-0.4, -0.2) is 35.6 Å². The van der Waals surface area contributed by atoms with Crippen LogP contribution in [0.1, 0.15) is 10.4 Å². The molecule has 156 valence electrons. The normalized spacial score (nSPS) is 10.9. The third-order valence-corrected chi connectivity index (χ3v) is 4.84. The number of hydrogen-bond acceptors (Lipinski definition) is 6. The summed E-state index contributed by atoms with van der Waals surface area (Å²) < 4.78 is 1.65. The molecule has 10 nitrogen and oxygen atoms in total. The lowest BCUT2D eigenvalue weighted by Gasteiger charge is -2.08. The number of nitrogens with one attached hydrogen (secondary N) is 2. The van der Waals surface area contributed by atoms with Crippen LogP contribution in [0.5, 0.6) is 0 Å².